The number of hydrogen-bond acceptors (Lipinski definition) is 4. The quantitative estimate of drug-likeness (QED) is 0.604. The van der Waals surface area contributed by atoms with E-state index < -0.39 is 5.95 Å². The summed E-state index contributed by atoms with van der Waals surface area (Å²) in [5.74, 6) is 0.638. The molecule has 4 nitrogen and oxygen atoms in total. The molecule has 2 rings (SSSR count). The van der Waals surface area contributed by atoms with Gasteiger partial charge in [0.25, 0.3) is 0 Å². The second-order valence-electron chi connectivity index (χ2n) is 3.67. The summed E-state index contributed by atoms with van der Waals surface area (Å²) >= 11 is 0. The lowest BCUT2D eigenvalue weighted by molar-refractivity contribution is 0.147. The van der Waals surface area contributed by atoms with Crippen molar-refractivity contribution >= 4 is 10.8 Å². The van der Waals surface area contributed by atoms with Crippen LogP contribution in [0.5, 0.6) is 11.5 Å². The van der Waals surface area contributed by atoms with E-state index in [4.69, 9.17) is 14.2 Å². The average molecular weight is 251 g/mol. The van der Waals surface area contributed by atoms with Crippen LogP contribution in [0.3, 0.4) is 0 Å². The van der Waals surface area contributed by atoms with Crippen molar-refractivity contribution in [2.75, 3.05) is 27.4 Å². The van der Waals surface area contributed by atoms with Gasteiger partial charge in [0.1, 0.15) is 18.1 Å². The Morgan fingerprint density at radius 2 is 2.00 bits per heavy atom. The minimum Gasteiger partial charge on any atom is -0.497 e. The molecule has 0 fully saturated rings. The molecule has 0 saturated carbocycles. The van der Waals surface area contributed by atoms with Gasteiger partial charge in [0, 0.05) is 17.9 Å². The van der Waals surface area contributed by atoms with E-state index in [2.05, 4.69) is 4.98 Å². The highest BCUT2D eigenvalue weighted by molar-refractivity contribution is 5.89. The van der Waals surface area contributed by atoms with Gasteiger partial charge < -0.3 is 14.2 Å². The van der Waals surface area contributed by atoms with Crippen LogP contribution in [0.15, 0.2) is 24.4 Å². The molecule has 0 spiro atoms. The van der Waals surface area contributed by atoms with E-state index in [0.717, 1.165) is 0 Å². The Balaban J connectivity index is 2.42. The third-order valence-corrected chi connectivity index (χ3v) is 2.55. The van der Waals surface area contributed by atoms with Gasteiger partial charge in [-0.2, -0.15) is 4.39 Å². The lowest BCUT2D eigenvalue weighted by Gasteiger charge is -2.10. The fourth-order valence-electron chi connectivity index (χ4n) is 1.64. The zero-order valence-corrected chi connectivity index (χ0v) is 10.3. The number of hydrogen-bond donors (Lipinski definition) is 0. The number of pyridine rings is 1. The molecule has 0 saturated heterocycles. The third-order valence-electron chi connectivity index (χ3n) is 2.55. The highest BCUT2D eigenvalue weighted by atomic mass is 19.1. The minimum absolute atomic E-state index is 0.385. The van der Waals surface area contributed by atoms with Gasteiger partial charge in [-0.3, -0.25) is 0 Å². The number of fused-ring (bicyclic) bond motifs is 1. The van der Waals surface area contributed by atoms with Crippen LogP contribution < -0.4 is 9.47 Å². The van der Waals surface area contributed by atoms with E-state index in [0.29, 0.717) is 35.5 Å². The maximum Gasteiger partial charge on any atom is 0.220 e. The first-order chi connectivity index (χ1) is 8.76. The van der Waals surface area contributed by atoms with Crippen LogP contribution in [0.1, 0.15) is 0 Å². The van der Waals surface area contributed by atoms with Gasteiger partial charge in [0.05, 0.1) is 19.9 Å². The molecule has 0 aliphatic rings. The molecule has 1 heterocycles. The monoisotopic (exact) mass is 251 g/mol. The molecule has 0 unspecified atom stereocenters. The lowest BCUT2D eigenvalue weighted by atomic mass is 10.1. The average Bonchev–Trinajstić information content (AvgIpc) is 2.41. The lowest BCUT2D eigenvalue weighted by Crippen LogP contribution is -2.05. The highest BCUT2D eigenvalue weighted by Gasteiger charge is 2.09. The van der Waals surface area contributed by atoms with Gasteiger partial charge in [-0.25, -0.2) is 4.98 Å². The Labute approximate surface area is 104 Å². The predicted molar refractivity (Wildman–Crippen MR) is 65.6 cm³/mol. The first-order valence-corrected chi connectivity index (χ1v) is 5.50. The van der Waals surface area contributed by atoms with Gasteiger partial charge >= 0.3 is 0 Å². The molecule has 0 bridgehead atoms. The standard InChI is InChI=1S/C13H14FNO3/c1-16-5-6-18-12-8-15-13(14)10-4-3-9(17-2)7-11(10)12/h3-4,7-8H,5-6H2,1-2H3. The largest absolute Gasteiger partial charge is 0.497 e. The summed E-state index contributed by atoms with van der Waals surface area (Å²) in [7, 11) is 3.15. The molecule has 0 aliphatic heterocycles. The molecule has 0 radical (unpaired) electrons. The summed E-state index contributed by atoms with van der Waals surface area (Å²) in [6, 6.07) is 5.04. The zero-order chi connectivity index (χ0) is 13.0. The Kier molecular flexibility index (Phi) is 3.94. The minimum atomic E-state index is -0.522. The molecular weight excluding hydrogens is 237 g/mol. The molecule has 1 aromatic carbocycles. The van der Waals surface area contributed by atoms with E-state index in [1.165, 1.54) is 6.20 Å². The molecule has 1 aromatic heterocycles. The van der Waals surface area contributed by atoms with Gasteiger partial charge in [-0.05, 0) is 18.2 Å². The highest BCUT2D eigenvalue weighted by Crippen LogP contribution is 2.29. The number of methoxy groups -OCH3 is 2. The molecule has 0 N–H and O–H groups in total. The molecule has 96 valence electrons. The molecule has 18 heavy (non-hydrogen) atoms. The van der Waals surface area contributed by atoms with Crippen LogP contribution in [-0.4, -0.2) is 32.4 Å². The van der Waals surface area contributed by atoms with Crippen LogP contribution in [0.25, 0.3) is 10.8 Å². The van der Waals surface area contributed by atoms with Crippen molar-refractivity contribution in [2.45, 2.75) is 0 Å². The normalized spacial score (nSPS) is 10.6. The SMILES string of the molecule is COCCOc1cnc(F)c2ccc(OC)cc12. The van der Waals surface area contributed by atoms with Gasteiger partial charge in [0.15, 0.2) is 0 Å². The number of aromatic nitrogens is 1. The second kappa shape index (κ2) is 5.64. The second-order valence-corrected chi connectivity index (χ2v) is 3.67. The Bertz CT molecular complexity index is 545. The van der Waals surface area contributed by atoms with Crippen LogP contribution in [0.4, 0.5) is 4.39 Å². The van der Waals surface area contributed by atoms with E-state index in [9.17, 15) is 4.39 Å². The topological polar surface area (TPSA) is 40.6 Å². The summed E-state index contributed by atoms with van der Waals surface area (Å²) in [5, 5.41) is 1.05. The van der Waals surface area contributed by atoms with Crippen molar-refractivity contribution in [3.63, 3.8) is 0 Å². The van der Waals surface area contributed by atoms with Crippen LogP contribution in [-0.2, 0) is 4.74 Å². The summed E-state index contributed by atoms with van der Waals surface area (Å²) in [5.41, 5.74) is 0. The molecule has 0 amide bonds. The van der Waals surface area contributed by atoms with Crippen molar-refractivity contribution < 1.29 is 18.6 Å². The van der Waals surface area contributed by atoms with Crippen LogP contribution in [0.2, 0.25) is 0 Å². The van der Waals surface area contributed by atoms with Crippen LogP contribution >= 0.6 is 0 Å². The van der Waals surface area contributed by atoms with Crippen molar-refractivity contribution in [2.24, 2.45) is 0 Å². The number of rotatable bonds is 5. The van der Waals surface area contributed by atoms with E-state index in [1.807, 2.05) is 0 Å². The number of halogens is 1. The first-order valence-electron chi connectivity index (χ1n) is 5.50. The number of ether oxygens (including phenoxy) is 3. The van der Waals surface area contributed by atoms with Gasteiger partial charge in [-0.1, -0.05) is 0 Å². The Morgan fingerprint density at radius 3 is 2.72 bits per heavy atom. The maximum atomic E-state index is 13.6. The predicted octanol–water partition coefficient (Wildman–Crippen LogP) is 2.41. The summed E-state index contributed by atoms with van der Waals surface area (Å²) in [6.45, 7) is 0.846. The van der Waals surface area contributed by atoms with E-state index in [-0.39, 0.29) is 0 Å². The molecular formula is C13H14FNO3. The van der Waals surface area contributed by atoms with Crippen molar-refractivity contribution in [1.29, 1.82) is 0 Å². The Hall–Kier alpha value is -1.88. The number of nitrogens with zero attached hydrogens (tertiary/aromatic N) is 1. The molecule has 2 aromatic rings. The molecule has 5 heteroatoms. The molecule has 0 atom stereocenters. The zero-order valence-electron chi connectivity index (χ0n) is 10.3. The number of benzene rings is 1. The van der Waals surface area contributed by atoms with Crippen molar-refractivity contribution in [1.82, 2.24) is 4.98 Å². The molecule has 0 aliphatic carbocycles. The summed E-state index contributed by atoms with van der Waals surface area (Å²) in [4.78, 5) is 3.67. The Morgan fingerprint density at radius 1 is 1.17 bits per heavy atom. The van der Waals surface area contributed by atoms with Crippen molar-refractivity contribution in [3.8, 4) is 11.5 Å². The first kappa shape index (κ1) is 12.6. The van der Waals surface area contributed by atoms with Gasteiger partial charge in [0.2, 0.25) is 5.95 Å². The van der Waals surface area contributed by atoms with E-state index in [1.54, 1.807) is 32.4 Å². The smallest absolute Gasteiger partial charge is 0.220 e. The third kappa shape index (κ3) is 2.51. The fourth-order valence-corrected chi connectivity index (χ4v) is 1.64. The van der Waals surface area contributed by atoms with E-state index >= 15 is 0 Å². The summed E-state index contributed by atoms with van der Waals surface area (Å²) in [6.07, 6.45) is 1.37. The maximum absolute atomic E-state index is 13.6. The van der Waals surface area contributed by atoms with Gasteiger partial charge in [-0.15, -0.1) is 0 Å². The van der Waals surface area contributed by atoms with Crippen LogP contribution in [0, 0.1) is 5.95 Å². The summed E-state index contributed by atoms with van der Waals surface area (Å²) < 4.78 is 29.1. The fraction of sp³-hybridized carbons (Fsp3) is 0.308. The van der Waals surface area contributed by atoms with Crippen molar-refractivity contribution in [3.05, 3.63) is 30.3 Å².